The summed E-state index contributed by atoms with van der Waals surface area (Å²) in [5, 5.41) is 10.5. The van der Waals surface area contributed by atoms with E-state index in [-0.39, 0.29) is 17.6 Å². The van der Waals surface area contributed by atoms with Crippen LogP contribution in [-0.2, 0) is 11.2 Å². The molecule has 2 heterocycles. The van der Waals surface area contributed by atoms with Crippen molar-refractivity contribution < 1.29 is 14.6 Å². The Hall–Kier alpha value is -1.06. The summed E-state index contributed by atoms with van der Waals surface area (Å²) < 4.78 is 11.4. The van der Waals surface area contributed by atoms with E-state index in [1.807, 2.05) is 19.1 Å². The summed E-state index contributed by atoms with van der Waals surface area (Å²) in [6.07, 6.45) is 1.53. The molecule has 1 fully saturated rings. The summed E-state index contributed by atoms with van der Waals surface area (Å²) in [4.78, 5) is 0. The van der Waals surface area contributed by atoms with Crippen molar-refractivity contribution in [1.82, 2.24) is 0 Å². The second kappa shape index (κ2) is 4.50. The average molecular weight is 262 g/mol. The van der Waals surface area contributed by atoms with E-state index in [1.54, 1.807) is 0 Å². The Morgan fingerprint density at radius 1 is 1.37 bits per heavy atom. The third-order valence-corrected chi connectivity index (χ3v) is 4.27. The monoisotopic (exact) mass is 262 g/mol. The van der Waals surface area contributed by atoms with Gasteiger partial charge in [0.15, 0.2) is 0 Å². The molecular weight excluding hydrogens is 240 g/mol. The van der Waals surface area contributed by atoms with Crippen molar-refractivity contribution in [1.29, 1.82) is 0 Å². The Kier molecular flexibility index (Phi) is 3.06. The van der Waals surface area contributed by atoms with Crippen LogP contribution in [0.1, 0.15) is 44.4 Å². The first kappa shape index (κ1) is 12.9. The highest BCUT2D eigenvalue weighted by molar-refractivity contribution is 5.42. The maximum absolute atomic E-state index is 10.5. The number of hydrogen-bond acceptors (Lipinski definition) is 3. The Bertz CT molecular complexity index is 481. The summed E-state index contributed by atoms with van der Waals surface area (Å²) >= 11 is 0. The molecular formula is C16H22O3. The van der Waals surface area contributed by atoms with Gasteiger partial charge in [0.05, 0.1) is 12.2 Å². The molecule has 1 saturated heterocycles. The minimum Gasteiger partial charge on any atom is -0.487 e. The van der Waals surface area contributed by atoms with Gasteiger partial charge in [0.25, 0.3) is 0 Å². The zero-order valence-electron chi connectivity index (χ0n) is 11.8. The standard InChI is InChI=1S/C16H22O3/c1-10-13(6-7-18-10)15(17)11-4-5-14-12(8-11)9-16(2,3)19-14/h4-5,8,10,13,15,17H,6-7,9H2,1-3H3. The lowest BCUT2D eigenvalue weighted by atomic mass is 9.89. The lowest BCUT2D eigenvalue weighted by Gasteiger charge is -2.21. The molecule has 0 spiro atoms. The molecule has 1 aromatic carbocycles. The zero-order chi connectivity index (χ0) is 13.6. The molecule has 1 N–H and O–H groups in total. The second-order valence-corrected chi connectivity index (χ2v) is 6.38. The largest absolute Gasteiger partial charge is 0.487 e. The van der Waals surface area contributed by atoms with Gasteiger partial charge < -0.3 is 14.6 Å². The van der Waals surface area contributed by atoms with Gasteiger partial charge in [-0.2, -0.15) is 0 Å². The summed E-state index contributed by atoms with van der Waals surface area (Å²) in [6.45, 7) is 6.98. The van der Waals surface area contributed by atoms with E-state index >= 15 is 0 Å². The minimum atomic E-state index is -0.438. The van der Waals surface area contributed by atoms with E-state index in [0.29, 0.717) is 0 Å². The quantitative estimate of drug-likeness (QED) is 0.890. The van der Waals surface area contributed by atoms with Gasteiger partial charge >= 0.3 is 0 Å². The van der Waals surface area contributed by atoms with Crippen LogP contribution in [0.3, 0.4) is 0 Å². The van der Waals surface area contributed by atoms with Crippen LogP contribution in [0.2, 0.25) is 0 Å². The van der Waals surface area contributed by atoms with Crippen LogP contribution in [0, 0.1) is 5.92 Å². The van der Waals surface area contributed by atoms with Gasteiger partial charge in [-0.3, -0.25) is 0 Å². The smallest absolute Gasteiger partial charge is 0.123 e. The summed E-state index contributed by atoms with van der Waals surface area (Å²) in [7, 11) is 0. The highest BCUT2D eigenvalue weighted by Crippen LogP contribution is 2.39. The van der Waals surface area contributed by atoms with Crippen molar-refractivity contribution in [3.05, 3.63) is 29.3 Å². The topological polar surface area (TPSA) is 38.7 Å². The van der Waals surface area contributed by atoms with Crippen LogP contribution >= 0.6 is 0 Å². The van der Waals surface area contributed by atoms with Gasteiger partial charge in [-0.05, 0) is 50.5 Å². The molecule has 3 heteroatoms. The van der Waals surface area contributed by atoms with Crippen molar-refractivity contribution in [2.24, 2.45) is 5.92 Å². The van der Waals surface area contributed by atoms with E-state index < -0.39 is 6.10 Å². The molecule has 3 rings (SSSR count). The van der Waals surface area contributed by atoms with Crippen LogP contribution in [0.15, 0.2) is 18.2 Å². The fourth-order valence-electron chi connectivity index (χ4n) is 3.22. The first-order valence-corrected chi connectivity index (χ1v) is 7.08. The van der Waals surface area contributed by atoms with Gasteiger partial charge in [0.2, 0.25) is 0 Å². The van der Waals surface area contributed by atoms with Crippen molar-refractivity contribution in [2.75, 3.05) is 6.61 Å². The fraction of sp³-hybridized carbons (Fsp3) is 0.625. The number of benzene rings is 1. The van der Waals surface area contributed by atoms with Crippen LogP contribution < -0.4 is 4.74 Å². The molecule has 3 atom stereocenters. The molecule has 104 valence electrons. The van der Waals surface area contributed by atoms with Gasteiger partial charge in [0, 0.05) is 18.9 Å². The number of hydrogen-bond donors (Lipinski definition) is 1. The Morgan fingerprint density at radius 2 is 2.16 bits per heavy atom. The van der Waals surface area contributed by atoms with Crippen LogP contribution in [-0.4, -0.2) is 23.4 Å². The fourth-order valence-corrected chi connectivity index (χ4v) is 3.22. The van der Waals surface area contributed by atoms with Gasteiger partial charge in [-0.15, -0.1) is 0 Å². The first-order chi connectivity index (χ1) is 8.96. The normalized spacial score (nSPS) is 29.9. The predicted octanol–water partition coefficient (Wildman–Crippen LogP) is 2.86. The SMILES string of the molecule is CC1OCCC1C(O)c1ccc2c(c1)CC(C)(C)O2. The van der Waals surface area contributed by atoms with Crippen molar-refractivity contribution in [3.8, 4) is 5.75 Å². The molecule has 0 radical (unpaired) electrons. The third kappa shape index (κ3) is 2.37. The van der Waals surface area contributed by atoms with Crippen molar-refractivity contribution in [3.63, 3.8) is 0 Å². The second-order valence-electron chi connectivity index (χ2n) is 6.38. The van der Waals surface area contributed by atoms with Crippen LogP contribution in [0.25, 0.3) is 0 Å². The number of aliphatic hydroxyl groups excluding tert-OH is 1. The molecule has 0 saturated carbocycles. The summed E-state index contributed by atoms with van der Waals surface area (Å²) in [6, 6.07) is 6.07. The molecule has 0 aromatic heterocycles. The van der Waals surface area contributed by atoms with Gasteiger partial charge in [0.1, 0.15) is 11.4 Å². The molecule has 0 aliphatic carbocycles. The number of rotatable bonds is 2. The molecule has 2 aliphatic rings. The Balaban J connectivity index is 1.83. The highest BCUT2D eigenvalue weighted by atomic mass is 16.5. The molecule has 2 aliphatic heterocycles. The lowest BCUT2D eigenvalue weighted by Crippen LogP contribution is -2.24. The molecule has 0 amide bonds. The Morgan fingerprint density at radius 3 is 2.84 bits per heavy atom. The highest BCUT2D eigenvalue weighted by Gasteiger charge is 2.34. The summed E-state index contributed by atoms with van der Waals surface area (Å²) in [5.74, 6) is 1.16. The molecule has 3 nitrogen and oxygen atoms in total. The van der Waals surface area contributed by atoms with E-state index in [9.17, 15) is 5.11 Å². The first-order valence-electron chi connectivity index (χ1n) is 7.08. The van der Waals surface area contributed by atoms with Crippen LogP contribution in [0.5, 0.6) is 5.75 Å². The molecule has 3 unspecified atom stereocenters. The maximum atomic E-state index is 10.5. The number of ether oxygens (including phenoxy) is 2. The van der Waals surface area contributed by atoms with Crippen molar-refractivity contribution >= 4 is 0 Å². The average Bonchev–Trinajstić information content (AvgIpc) is 2.88. The third-order valence-electron chi connectivity index (χ3n) is 4.27. The Labute approximate surface area is 114 Å². The van der Waals surface area contributed by atoms with E-state index in [4.69, 9.17) is 9.47 Å². The molecule has 0 bridgehead atoms. The zero-order valence-corrected chi connectivity index (χ0v) is 11.8. The minimum absolute atomic E-state index is 0.129. The predicted molar refractivity (Wildman–Crippen MR) is 73.3 cm³/mol. The number of aliphatic hydroxyl groups is 1. The van der Waals surface area contributed by atoms with Gasteiger partial charge in [-0.25, -0.2) is 0 Å². The van der Waals surface area contributed by atoms with Crippen LogP contribution in [0.4, 0.5) is 0 Å². The maximum Gasteiger partial charge on any atom is 0.123 e. The van der Waals surface area contributed by atoms with E-state index in [0.717, 1.165) is 30.8 Å². The van der Waals surface area contributed by atoms with Crippen molar-refractivity contribution in [2.45, 2.75) is 51.4 Å². The molecule has 1 aromatic rings. The van der Waals surface area contributed by atoms with Gasteiger partial charge in [-0.1, -0.05) is 6.07 Å². The van der Waals surface area contributed by atoms with E-state index in [1.165, 1.54) is 5.56 Å². The lowest BCUT2D eigenvalue weighted by molar-refractivity contribution is 0.0431. The number of fused-ring (bicyclic) bond motifs is 1. The molecule has 19 heavy (non-hydrogen) atoms. The van der Waals surface area contributed by atoms with E-state index in [2.05, 4.69) is 19.9 Å². The summed E-state index contributed by atoms with van der Waals surface area (Å²) in [5.41, 5.74) is 2.06.